The van der Waals surface area contributed by atoms with Crippen LogP contribution in [0, 0.1) is 27.7 Å². The van der Waals surface area contributed by atoms with E-state index in [0.717, 1.165) is 27.1 Å². The van der Waals surface area contributed by atoms with E-state index in [1.165, 1.54) is 11.1 Å². The van der Waals surface area contributed by atoms with Crippen LogP contribution < -0.4 is 5.43 Å². The maximum absolute atomic E-state index is 12.2. The number of carbonyl (C=O) groups is 1. The molecule has 27 heavy (non-hydrogen) atoms. The maximum Gasteiger partial charge on any atom is 0.272 e. The zero-order valence-electron chi connectivity index (χ0n) is 15.9. The molecule has 0 spiro atoms. The Hall–Kier alpha value is -2.66. The van der Waals surface area contributed by atoms with Crippen molar-refractivity contribution in [2.75, 3.05) is 0 Å². The number of nitrogens with one attached hydrogen (secondary N) is 1. The SMILES string of the molecule is Cc1ccc(-n2c(C)cc(/C=N\NC(=O)c3ccccc3Br)c2C)cc1C. The minimum absolute atomic E-state index is 0.248. The predicted molar refractivity (Wildman–Crippen MR) is 114 cm³/mol. The van der Waals surface area contributed by atoms with Crippen molar-refractivity contribution >= 4 is 28.1 Å². The number of aryl methyl sites for hydroxylation is 3. The normalized spacial score (nSPS) is 11.1. The van der Waals surface area contributed by atoms with E-state index >= 15 is 0 Å². The van der Waals surface area contributed by atoms with E-state index in [9.17, 15) is 4.79 Å². The molecule has 0 aliphatic carbocycles. The van der Waals surface area contributed by atoms with E-state index in [1.54, 1.807) is 12.3 Å². The first kappa shape index (κ1) is 19.1. The molecule has 4 nitrogen and oxygen atoms in total. The van der Waals surface area contributed by atoms with Crippen molar-refractivity contribution in [3.05, 3.63) is 86.6 Å². The Kier molecular flexibility index (Phi) is 5.61. The molecule has 2 aromatic carbocycles. The number of carbonyl (C=O) groups excluding carboxylic acids is 1. The highest BCUT2D eigenvalue weighted by molar-refractivity contribution is 9.10. The molecule has 0 radical (unpaired) electrons. The van der Waals surface area contributed by atoms with Gasteiger partial charge in [0.15, 0.2) is 0 Å². The van der Waals surface area contributed by atoms with Crippen LogP contribution in [0.1, 0.15) is 38.4 Å². The highest BCUT2D eigenvalue weighted by Gasteiger charge is 2.11. The predicted octanol–water partition coefficient (Wildman–Crippen LogP) is 5.24. The van der Waals surface area contributed by atoms with E-state index in [1.807, 2.05) is 18.2 Å². The van der Waals surface area contributed by atoms with Crippen molar-refractivity contribution in [3.63, 3.8) is 0 Å². The number of amides is 1. The van der Waals surface area contributed by atoms with Crippen molar-refractivity contribution < 1.29 is 4.79 Å². The molecule has 0 aliphatic rings. The molecule has 1 N–H and O–H groups in total. The summed E-state index contributed by atoms with van der Waals surface area (Å²) in [6.45, 7) is 8.35. The number of rotatable bonds is 4. The number of halogens is 1. The third-order valence-corrected chi connectivity index (χ3v) is 5.40. The number of hydrogen-bond acceptors (Lipinski definition) is 2. The molecular weight excluding hydrogens is 402 g/mol. The van der Waals surface area contributed by atoms with Crippen molar-refractivity contribution in [2.24, 2.45) is 5.10 Å². The fourth-order valence-electron chi connectivity index (χ4n) is 3.05. The van der Waals surface area contributed by atoms with Crippen LogP contribution in [0.4, 0.5) is 0 Å². The van der Waals surface area contributed by atoms with Crippen LogP contribution in [0.25, 0.3) is 5.69 Å². The molecule has 0 unspecified atom stereocenters. The van der Waals surface area contributed by atoms with Gasteiger partial charge in [-0.25, -0.2) is 5.43 Å². The van der Waals surface area contributed by atoms with E-state index < -0.39 is 0 Å². The molecule has 3 rings (SSSR count). The standard InChI is InChI=1S/C22H22BrN3O/c1-14-9-10-19(11-15(14)2)26-16(3)12-18(17(26)4)13-24-25-22(27)20-7-5-6-8-21(20)23/h5-13H,1-4H3,(H,25,27)/b24-13-. The average molecular weight is 424 g/mol. The van der Waals surface area contributed by atoms with Crippen molar-refractivity contribution in [1.29, 1.82) is 0 Å². The van der Waals surface area contributed by atoms with Gasteiger partial charge in [-0.15, -0.1) is 0 Å². The summed E-state index contributed by atoms with van der Waals surface area (Å²) in [5, 5.41) is 4.14. The molecule has 5 heteroatoms. The lowest BCUT2D eigenvalue weighted by Gasteiger charge is -2.11. The quantitative estimate of drug-likeness (QED) is 0.452. The van der Waals surface area contributed by atoms with Crippen LogP contribution in [0.5, 0.6) is 0 Å². The van der Waals surface area contributed by atoms with Gasteiger partial charge in [-0.05, 0) is 85.1 Å². The van der Waals surface area contributed by atoms with Gasteiger partial charge in [-0.2, -0.15) is 5.10 Å². The summed E-state index contributed by atoms with van der Waals surface area (Å²) in [7, 11) is 0. The lowest BCUT2D eigenvalue weighted by atomic mass is 10.1. The maximum atomic E-state index is 12.2. The monoisotopic (exact) mass is 423 g/mol. The Morgan fingerprint density at radius 1 is 1.04 bits per heavy atom. The van der Waals surface area contributed by atoms with Crippen LogP contribution in [0.2, 0.25) is 0 Å². The van der Waals surface area contributed by atoms with E-state index in [2.05, 4.69) is 83.0 Å². The molecule has 0 saturated heterocycles. The topological polar surface area (TPSA) is 46.4 Å². The molecule has 0 saturated carbocycles. The average Bonchev–Trinajstić information content (AvgIpc) is 2.91. The van der Waals surface area contributed by atoms with Gasteiger partial charge < -0.3 is 4.57 Å². The van der Waals surface area contributed by atoms with E-state index in [4.69, 9.17) is 0 Å². The molecule has 0 atom stereocenters. The first-order chi connectivity index (χ1) is 12.9. The van der Waals surface area contributed by atoms with Gasteiger partial charge in [0.1, 0.15) is 0 Å². The molecule has 3 aromatic rings. The van der Waals surface area contributed by atoms with Gasteiger partial charge in [0.2, 0.25) is 0 Å². The van der Waals surface area contributed by atoms with Crippen LogP contribution in [0.3, 0.4) is 0 Å². The summed E-state index contributed by atoms with van der Waals surface area (Å²) in [4.78, 5) is 12.2. The van der Waals surface area contributed by atoms with Crippen LogP contribution >= 0.6 is 15.9 Å². The second kappa shape index (κ2) is 7.92. The lowest BCUT2D eigenvalue weighted by molar-refractivity contribution is 0.0954. The van der Waals surface area contributed by atoms with Crippen molar-refractivity contribution in [1.82, 2.24) is 9.99 Å². The summed E-state index contributed by atoms with van der Waals surface area (Å²) >= 11 is 3.38. The van der Waals surface area contributed by atoms with Gasteiger partial charge in [0.25, 0.3) is 5.91 Å². The summed E-state index contributed by atoms with van der Waals surface area (Å²) in [5.41, 5.74) is 9.98. The molecule has 0 bridgehead atoms. The Balaban J connectivity index is 1.82. The minimum Gasteiger partial charge on any atom is -0.318 e. The Labute approximate surface area is 168 Å². The van der Waals surface area contributed by atoms with Crippen molar-refractivity contribution in [2.45, 2.75) is 27.7 Å². The van der Waals surface area contributed by atoms with Gasteiger partial charge in [0.05, 0.1) is 11.8 Å². The fourth-order valence-corrected chi connectivity index (χ4v) is 3.51. The van der Waals surface area contributed by atoms with Gasteiger partial charge >= 0.3 is 0 Å². The number of aromatic nitrogens is 1. The number of benzene rings is 2. The highest BCUT2D eigenvalue weighted by atomic mass is 79.9. The summed E-state index contributed by atoms with van der Waals surface area (Å²) in [5.74, 6) is -0.248. The second-order valence-corrected chi connectivity index (χ2v) is 7.46. The third-order valence-electron chi connectivity index (χ3n) is 4.71. The first-order valence-electron chi connectivity index (χ1n) is 8.73. The molecular formula is C22H22BrN3O. The smallest absolute Gasteiger partial charge is 0.272 e. The Morgan fingerprint density at radius 2 is 1.78 bits per heavy atom. The molecule has 0 fully saturated rings. The minimum atomic E-state index is -0.248. The largest absolute Gasteiger partial charge is 0.318 e. The lowest BCUT2D eigenvalue weighted by Crippen LogP contribution is -2.18. The zero-order chi connectivity index (χ0) is 19.6. The van der Waals surface area contributed by atoms with Gasteiger partial charge in [0, 0.05) is 27.1 Å². The summed E-state index contributed by atoms with van der Waals surface area (Å²) in [6.07, 6.45) is 1.69. The molecule has 1 aromatic heterocycles. The zero-order valence-corrected chi connectivity index (χ0v) is 17.5. The Bertz CT molecular complexity index is 1030. The van der Waals surface area contributed by atoms with Crippen LogP contribution in [0.15, 0.2) is 58.1 Å². The number of hydrogen-bond donors (Lipinski definition) is 1. The fraction of sp³-hybridized carbons (Fsp3) is 0.182. The third kappa shape index (κ3) is 4.03. The number of nitrogens with zero attached hydrogens (tertiary/aromatic N) is 2. The summed E-state index contributed by atoms with van der Waals surface area (Å²) < 4.78 is 2.94. The molecule has 1 amide bonds. The molecule has 1 heterocycles. The summed E-state index contributed by atoms with van der Waals surface area (Å²) in [6, 6.07) is 15.8. The van der Waals surface area contributed by atoms with E-state index in [0.29, 0.717) is 5.56 Å². The highest BCUT2D eigenvalue weighted by Crippen LogP contribution is 2.22. The first-order valence-corrected chi connectivity index (χ1v) is 9.52. The number of hydrazone groups is 1. The van der Waals surface area contributed by atoms with E-state index in [-0.39, 0.29) is 5.91 Å². The second-order valence-electron chi connectivity index (χ2n) is 6.61. The Morgan fingerprint density at radius 3 is 2.48 bits per heavy atom. The molecule has 0 aliphatic heterocycles. The van der Waals surface area contributed by atoms with Gasteiger partial charge in [-0.1, -0.05) is 18.2 Å². The molecule has 138 valence electrons. The van der Waals surface area contributed by atoms with Crippen LogP contribution in [-0.4, -0.2) is 16.7 Å². The van der Waals surface area contributed by atoms with Crippen molar-refractivity contribution in [3.8, 4) is 5.69 Å². The van der Waals surface area contributed by atoms with Crippen LogP contribution in [-0.2, 0) is 0 Å². The van der Waals surface area contributed by atoms with Gasteiger partial charge in [-0.3, -0.25) is 4.79 Å².